The zero-order valence-electron chi connectivity index (χ0n) is 17.3. The molecule has 3 aromatic rings. The zero-order chi connectivity index (χ0) is 21.6. The highest BCUT2D eigenvalue weighted by molar-refractivity contribution is 7.99. The van der Waals surface area contributed by atoms with E-state index >= 15 is 0 Å². The van der Waals surface area contributed by atoms with Gasteiger partial charge in [-0.05, 0) is 56.2 Å². The van der Waals surface area contributed by atoms with Gasteiger partial charge in [0.25, 0.3) is 5.91 Å². The SMILES string of the molecule is CC(=NNC(=O)CSc1nnc(-c2ccc(Cl)cc2)n1C1CCCCC1)c1ccco1. The first-order valence-electron chi connectivity index (χ1n) is 10.3. The third kappa shape index (κ3) is 5.37. The van der Waals surface area contributed by atoms with Crippen molar-refractivity contribution in [2.24, 2.45) is 5.10 Å². The Hall–Kier alpha value is -2.58. The molecule has 0 radical (unpaired) electrons. The van der Waals surface area contributed by atoms with Crippen molar-refractivity contribution in [3.63, 3.8) is 0 Å². The number of benzene rings is 1. The molecule has 1 fully saturated rings. The van der Waals surface area contributed by atoms with Crippen LogP contribution < -0.4 is 5.43 Å². The fraction of sp³-hybridized carbons (Fsp3) is 0.364. The van der Waals surface area contributed by atoms with Crippen molar-refractivity contribution >= 4 is 35.0 Å². The minimum absolute atomic E-state index is 0.195. The summed E-state index contributed by atoms with van der Waals surface area (Å²) >= 11 is 7.43. The molecule has 1 amide bonds. The van der Waals surface area contributed by atoms with Gasteiger partial charge in [0.15, 0.2) is 11.0 Å². The summed E-state index contributed by atoms with van der Waals surface area (Å²) in [6.07, 6.45) is 7.38. The van der Waals surface area contributed by atoms with E-state index in [4.69, 9.17) is 16.0 Å². The molecule has 0 unspecified atom stereocenters. The highest BCUT2D eigenvalue weighted by Crippen LogP contribution is 2.35. The molecule has 2 heterocycles. The van der Waals surface area contributed by atoms with Crippen molar-refractivity contribution < 1.29 is 9.21 Å². The number of carbonyl (C=O) groups excluding carboxylic acids is 1. The van der Waals surface area contributed by atoms with Gasteiger partial charge in [-0.15, -0.1) is 10.2 Å². The van der Waals surface area contributed by atoms with E-state index in [1.54, 1.807) is 25.3 Å². The molecular weight excluding hydrogens is 434 g/mol. The van der Waals surface area contributed by atoms with Gasteiger partial charge in [-0.2, -0.15) is 5.10 Å². The third-order valence-corrected chi connectivity index (χ3v) is 6.46. The van der Waals surface area contributed by atoms with E-state index in [0.29, 0.717) is 22.5 Å². The van der Waals surface area contributed by atoms with Gasteiger partial charge in [0.05, 0.1) is 12.0 Å². The minimum atomic E-state index is -0.206. The largest absolute Gasteiger partial charge is 0.463 e. The average Bonchev–Trinajstić information content (AvgIpc) is 3.47. The number of hydrogen-bond donors (Lipinski definition) is 1. The van der Waals surface area contributed by atoms with Crippen molar-refractivity contribution in [2.45, 2.75) is 50.2 Å². The number of aromatic nitrogens is 3. The van der Waals surface area contributed by atoms with E-state index in [9.17, 15) is 4.79 Å². The van der Waals surface area contributed by atoms with Crippen molar-refractivity contribution in [1.29, 1.82) is 0 Å². The van der Waals surface area contributed by atoms with Crippen molar-refractivity contribution in [1.82, 2.24) is 20.2 Å². The van der Waals surface area contributed by atoms with Gasteiger partial charge in [-0.1, -0.05) is 42.6 Å². The Kier molecular flexibility index (Phi) is 7.09. The van der Waals surface area contributed by atoms with Crippen LogP contribution in [-0.4, -0.2) is 32.1 Å². The van der Waals surface area contributed by atoms with Gasteiger partial charge < -0.3 is 4.42 Å². The molecule has 1 aliphatic rings. The number of hydrogen-bond acceptors (Lipinski definition) is 6. The Morgan fingerprint density at radius 1 is 1.23 bits per heavy atom. The van der Waals surface area contributed by atoms with Gasteiger partial charge >= 0.3 is 0 Å². The van der Waals surface area contributed by atoms with Crippen LogP contribution in [0.1, 0.15) is 50.8 Å². The standard InChI is InChI=1S/C22H24ClN5O2S/c1-15(19-8-5-13-30-19)24-25-20(29)14-31-22-27-26-21(16-9-11-17(23)12-10-16)28(22)18-6-3-2-4-7-18/h5,8-13,18H,2-4,6-7,14H2,1H3,(H,25,29). The van der Waals surface area contributed by atoms with Crippen LogP contribution in [-0.2, 0) is 4.79 Å². The number of halogens is 1. The monoisotopic (exact) mass is 457 g/mol. The molecule has 0 saturated heterocycles. The van der Waals surface area contributed by atoms with Crippen LogP contribution in [0.3, 0.4) is 0 Å². The van der Waals surface area contributed by atoms with Crippen molar-refractivity contribution in [3.05, 3.63) is 53.4 Å². The molecule has 31 heavy (non-hydrogen) atoms. The molecule has 0 spiro atoms. The number of hydrazone groups is 1. The minimum Gasteiger partial charge on any atom is -0.463 e. The molecule has 4 rings (SSSR count). The maximum atomic E-state index is 12.4. The first-order chi connectivity index (χ1) is 15.1. The van der Waals surface area contributed by atoms with Crippen LogP contribution in [0, 0.1) is 0 Å². The first-order valence-corrected chi connectivity index (χ1v) is 11.7. The lowest BCUT2D eigenvalue weighted by molar-refractivity contribution is -0.118. The Morgan fingerprint density at radius 2 is 2.00 bits per heavy atom. The third-order valence-electron chi connectivity index (χ3n) is 5.27. The van der Waals surface area contributed by atoms with E-state index < -0.39 is 0 Å². The van der Waals surface area contributed by atoms with E-state index in [2.05, 4.69) is 25.3 Å². The number of nitrogens with zero attached hydrogens (tertiary/aromatic N) is 4. The first kappa shape index (κ1) is 21.6. The average molecular weight is 458 g/mol. The normalized spacial score (nSPS) is 15.2. The summed E-state index contributed by atoms with van der Waals surface area (Å²) in [5.74, 6) is 1.43. The molecule has 162 valence electrons. The second-order valence-corrected chi connectivity index (χ2v) is 8.85. The lowest BCUT2D eigenvalue weighted by Crippen LogP contribution is -2.22. The van der Waals surface area contributed by atoms with E-state index in [0.717, 1.165) is 29.4 Å². The highest BCUT2D eigenvalue weighted by Gasteiger charge is 2.24. The lowest BCUT2D eigenvalue weighted by Gasteiger charge is -2.25. The molecule has 1 aliphatic carbocycles. The molecular formula is C22H24ClN5O2S. The van der Waals surface area contributed by atoms with Gasteiger partial charge in [0.2, 0.25) is 0 Å². The van der Waals surface area contributed by atoms with Crippen LogP contribution in [0.2, 0.25) is 5.02 Å². The number of thioether (sulfide) groups is 1. The number of rotatable bonds is 7. The smallest absolute Gasteiger partial charge is 0.250 e. The second-order valence-electron chi connectivity index (χ2n) is 7.47. The van der Waals surface area contributed by atoms with Gasteiger partial charge in [0, 0.05) is 16.6 Å². The van der Waals surface area contributed by atoms with Gasteiger partial charge in [-0.3, -0.25) is 9.36 Å². The fourth-order valence-electron chi connectivity index (χ4n) is 3.69. The Balaban J connectivity index is 1.49. The topological polar surface area (TPSA) is 85.3 Å². The number of carbonyl (C=O) groups is 1. The quantitative estimate of drug-likeness (QED) is 0.294. The number of amides is 1. The summed E-state index contributed by atoms with van der Waals surface area (Å²) in [4.78, 5) is 12.4. The van der Waals surface area contributed by atoms with Crippen molar-refractivity contribution in [2.75, 3.05) is 5.75 Å². The van der Waals surface area contributed by atoms with Crippen molar-refractivity contribution in [3.8, 4) is 11.4 Å². The summed E-state index contributed by atoms with van der Waals surface area (Å²) in [7, 11) is 0. The molecule has 7 nitrogen and oxygen atoms in total. The maximum absolute atomic E-state index is 12.4. The van der Waals surface area contributed by atoms with Gasteiger partial charge in [0.1, 0.15) is 11.5 Å². The summed E-state index contributed by atoms with van der Waals surface area (Å²) in [6, 6.07) is 11.5. The zero-order valence-corrected chi connectivity index (χ0v) is 18.8. The molecule has 2 aromatic heterocycles. The molecule has 9 heteroatoms. The Bertz CT molecular complexity index is 1040. The Morgan fingerprint density at radius 3 is 2.71 bits per heavy atom. The molecule has 1 aromatic carbocycles. The summed E-state index contributed by atoms with van der Waals surface area (Å²) in [6.45, 7) is 1.78. The summed E-state index contributed by atoms with van der Waals surface area (Å²) < 4.78 is 7.47. The fourth-order valence-corrected chi connectivity index (χ4v) is 4.61. The van der Waals surface area contributed by atoms with E-state index in [-0.39, 0.29) is 11.7 Å². The highest BCUT2D eigenvalue weighted by atomic mass is 35.5. The second kappa shape index (κ2) is 10.2. The predicted octanol–water partition coefficient (Wildman–Crippen LogP) is 5.33. The van der Waals surface area contributed by atoms with E-state index in [1.165, 1.54) is 31.0 Å². The Labute approximate surface area is 190 Å². The summed E-state index contributed by atoms with van der Waals surface area (Å²) in [5.41, 5.74) is 4.16. The van der Waals surface area contributed by atoms with Crippen LogP contribution >= 0.6 is 23.4 Å². The molecule has 1 N–H and O–H groups in total. The summed E-state index contributed by atoms with van der Waals surface area (Å²) in [5, 5.41) is 14.4. The van der Waals surface area contributed by atoms with Crippen LogP contribution in [0.4, 0.5) is 0 Å². The molecule has 0 aliphatic heterocycles. The van der Waals surface area contributed by atoms with Crippen LogP contribution in [0.15, 0.2) is 57.3 Å². The molecule has 0 bridgehead atoms. The van der Waals surface area contributed by atoms with Crippen LogP contribution in [0.25, 0.3) is 11.4 Å². The lowest BCUT2D eigenvalue weighted by atomic mass is 9.95. The predicted molar refractivity (Wildman–Crippen MR) is 122 cm³/mol. The molecule has 1 saturated carbocycles. The maximum Gasteiger partial charge on any atom is 0.250 e. The van der Waals surface area contributed by atoms with Gasteiger partial charge in [-0.25, -0.2) is 5.43 Å². The molecule has 0 atom stereocenters. The van der Waals surface area contributed by atoms with E-state index in [1.807, 2.05) is 24.3 Å². The number of nitrogens with one attached hydrogen (secondary N) is 1. The number of furan rings is 1. The van der Waals surface area contributed by atoms with Crippen LogP contribution in [0.5, 0.6) is 0 Å².